The smallest absolute Gasteiger partial charge is 0.271 e. The molecule has 0 atom stereocenters. The van der Waals surface area contributed by atoms with Gasteiger partial charge in [-0.3, -0.25) is 14.2 Å². The Morgan fingerprint density at radius 1 is 1.22 bits per heavy atom. The number of halogens is 1. The summed E-state index contributed by atoms with van der Waals surface area (Å²) >= 11 is 5.84. The number of carbonyl (C=O) groups is 1. The number of aromatic hydroxyl groups is 1. The molecule has 2 aromatic carbocycles. The molecule has 2 heterocycles. The third-order valence-corrected chi connectivity index (χ3v) is 5.29. The first-order valence-electron chi connectivity index (χ1n) is 9.55. The molecule has 0 bridgehead atoms. The predicted octanol–water partition coefficient (Wildman–Crippen LogP) is 3.43. The minimum absolute atomic E-state index is 0.0748. The van der Waals surface area contributed by atoms with Crippen LogP contribution in [-0.2, 0) is 6.54 Å². The first kappa shape index (κ1) is 21.3. The van der Waals surface area contributed by atoms with E-state index in [1.54, 1.807) is 42.5 Å². The van der Waals surface area contributed by atoms with Gasteiger partial charge in [-0.2, -0.15) is 5.26 Å². The van der Waals surface area contributed by atoms with Crippen LogP contribution >= 0.6 is 11.6 Å². The highest BCUT2D eigenvalue weighted by atomic mass is 35.5. The van der Waals surface area contributed by atoms with E-state index in [0.29, 0.717) is 27.8 Å². The summed E-state index contributed by atoms with van der Waals surface area (Å²) in [5, 5.41) is 20.9. The summed E-state index contributed by atoms with van der Waals surface area (Å²) in [5.74, 6) is 0.381. The Morgan fingerprint density at radius 3 is 2.66 bits per heavy atom. The van der Waals surface area contributed by atoms with Crippen molar-refractivity contribution in [1.82, 2.24) is 4.57 Å². The highest BCUT2D eigenvalue weighted by molar-refractivity contribution is 6.30. The number of Topliss-reactive ketones (excluding diaryl/α,β-unsaturated/α-hetero) is 1. The highest BCUT2D eigenvalue weighted by Crippen LogP contribution is 2.33. The van der Waals surface area contributed by atoms with Gasteiger partial charge in [0.1, 0.15) is 17.4 Å². The Bertz CT molecular complexity index is 1310. The van der Waals surface area contributed by atoms with E-state index >= 15 is 0 Å². The number of carbonyl (C=O) groups excluding carboxylic acids is 1. The molecule has 1 aromatic heterocycles. The standard InChI is InChI=1S/C23H17ClN2O6/c1-13-17(9-25)22(28)26(10-14-2-7-19-20(8-14)32-12-31-19)23(29)21(13)18(27)11-30-16-5-3-15(24)4-6-16/h2-8,29H,10-12H2,1H3. The summed E-state index contributed by atoms with van der Waals surface area (Å²) < 4.78 is 17.1. The molecule has 0 radical (unpaired) electrons. The van der Waals surface area contributed by atoms with E-state index in [1.165, 1.54) is 6.92 Å². The lowest BCUT2D eigenvalue weighted by Crippen LogP contribution is -2.28. The van der Waals surface area contributed by atoms with Crippen molar-refractivity contribution in [3.8, 4) is 29.2 Å². The molecule has 162 valence electrons. The number of nitriles is 1. The molecule has 1 aliphatic heterocycles. The summed E-state index contributed by atoms with van der Waals surface area (Å²) in [6.45, 7) is 1.07. The first-order valence-corrected chi connectivity index (χ1v) is 9.93. The minimum Gasteiger partial charge on any atom is -0.494 e. The number of pyridine rings is 1. The molecule has 32 heavy (non-hydrogen) atoms. The number of nitrogens with zero attached hydrogens (tertiary/aromatic N) is 2. The monoisotopic (exact) mass is 452 g/mol. The zero-order chi connectivity index (χ0) is 22.8. The van der Waals surface area contributed by atoms with Crippen molar-refractivity contribution in [3.05, 3.63) is 80.1 Å². The molecular weight excluding hydrogens is 436 g/mol. The molecule has 0 amide bonds. The lowest BCUT2D eigenvalue weighted by Gasteiger charge is -2.16. The van der Waals surface area contributed by atoms with E-state index in [-0.39, 0.29) is 30.0 Å². The Hall–Kier alpha value is -3.96. The summed E-state index contributed by atoms with van der Waals surface area (Å²) in [4.78, 5) is 25.7. The normalized spacial score (nSPS) is 11.8. The SMILES string of the molecule is Cc1c(C(=O)COc2ccc(Cl)cc2)c(O)n(Cc2ccc3c(c2)OCO3)c(=O)c1C#N. The van der Waals surface area contributed by atoms with Gasteiger partial charge in [-0.1, -0.05) is 17.7 Å². The van der Waals surface area contributed by atoms with E-state index in [9.17, 15) is 20.0 Å². The van der Waals surface area contributed by atoms with Crippen molar-refractivity contribution in [2.45, 2.75) is 13.5 Å². The van der Waals surface area contributed by atoms with Crippen LogP contribution < -0.4 is 19.8 Å². The zero-order valence-corrected chi connectivity index (χ0v) is 17.7. The van der Waals surface area contributed by atoms with Gasteiger partial charge in [-0.05, 0) is 54.4 Å². The Morgan fingerprint density at radius 2 is 1.94 bits per heavy atom. The van der Waals surface area contributed by atoms with Gasteiger partial charge in [0.2, 0.25) is 18.5 Å². The lowest BCUT2D eigenvalue weighted by atomic mass is 10.0. The summed E-state index contributed by atoms with van der Waals surface area (Å²) in [7, 11) is 0. The summed E-state index contributed by atoms with van der Waals surface area (Å²) in [5.41, 5.74) is -0.346. The van der Waals surface area contributed by atoms with Crippen molar-refractivity contribution < 1.29 is 24.1 Å². The Kier molecular flexibility index (Phi) is 5.75. The third kappa shape index (κ3) is 3.98. The maximum atomic E-state index is 12.9. The van der Waals surface area contributed by atoms with E-state index in [0.717, 1.165) is 4.57 Å². The average Bonchev–Trinajstić information content (AvgIpc) is 3.24. The van der Waals surface area contributed by atoms with E-state index in [2.05, 4.69) is 0 Å². The maximum Gasteiger partial charge on any atom is 0.271 e. The van der Waals surface area contributed by atoms with Crippen LogP contribution in [0, 0.1) is 18.3 Å². The van der Waals surface area contributed by atoms with Gasteiger partial charge >= 0.3 is 0 Å². The molecule has 0 saturated heterocycles. The van der Waals surface area contributed by atoms with Crippen LogP contribution in [0.4, 0.5) is 0 Å². The summed E-state index contributed by atoms with van der Waals surface area (Å²) in [6, 6.07) is 13.3. The van der Waals surface area contributed by atoms with Crippen molar-refractivity contribution in [1.29, 1.82) is 5.26 Å². The Labute approximate surface area is 187 Å². The van der Waals surface area contributed by atoms with E-state index in [1.807, 2.05) is 6.07 Å². The van der Waals surface area contributed by atoms with Crippen LogP contribution in [0.1, 0.15) is 27.0 Å². The molecular formula is C23H17ClN2O6. The van der Waals surface area contributed by atoms with E-state index < -0.39 is 23.8 Å². The zero-order valence-electron chi connectivity index (χ0n) is 16.9. The van der Waals surface area contributed by atoms with E-state index in [4.69, 9.17) is 25.8 Å². The van der Waals surface area contributed by atoms with Crippen LogP contribution in [0.3, 0.4) is 0 Å². The fourth-order valence-electron chi connectivity index (χ4n) is 3.41. The molecule has 8 nitrogen and oxygen atoms in total. The minimum atomic E-state index is -0.699. The third-order valence-electron chi connectivity index (χ3n) is 5.04. The second kappa shape index (κ2) is 8.65. The Balaban J connectivity index is 1.68. The fraction of sp³-hybridized carbons (Fsp3) is 0.174. The van der Waals surface area contributed by atoms with Crippen molar-refractivity contribution in [3.63, 3.8) is 0 Å². The number of rotatable bonds is 6. The molecule has 9 heteroatoms. The molecule has 3 aromatic rings. The number of ether oxygens (including phenoxy) is 3. The average molecular weight is 453 g/mol. The second-order valence-corrected chi connectivity index (χ2v) is 7.49. The van der Waals surface area contributed by atoms with Gasteiger partial charge in [0, 0.05) is 5.02 Å². The lowest BCUT2D eigenvalue weighted by molar-refractivity contribution is 0.0916. The van der Waals surface area contributed by atoms with Crippen molar-refractivity contribution in [2.75, 3.05) is 13.4 Å². The number of benzene rings is 2. The quantitative estimate of drug-likeness (QED) is 0.570. The molecule has 0 fully saturated rings. The molecule has 0 aliphatic carbocycles. The van der Waals surface area contributed by atoms with Gasteiger partial charge in [0.25, 0.3) is 5.56 Å². The van der Waals surface area contributed by atoms with Crippen molar-refractivity contribution in [2.24, 2.45) is 0 Å². The van der Waals surface area contributed by atoms with Gasteiger partial charge in [0.05, 0.1) is 12.1 Å². The molecule has 0 saturated carbocycles. The largest absolute Gasteiger partial charge is 0.494 e. The number of hydrogen-bond acceptors (Lipinski definition) is 7. The van der Waals surface area contributed by atoms with Gasteiger partial charge in [-0.15, -0.1) is 0 Å². The molecule has 0 spiro atoms. The fourth-order valence-corrected chi connectivity index (χ4v) is 3.53. The molecule has 1 aliphatic rings. The first-order chi connectivity index (χ1) is 15.4. The maximum absolute atomic E-state index is 12.9. The number of aromatic nitrogens is 1. The summed E-state index contributed by atoms with van der Waals surface area (Å²) in [6.07, 6.45) is 0. The molecule has 4 rings (SSSR count). The van der Waals surface area contributed by atoms with Gasteiger partial charge in [-0.25, -0.2) is 0 Å². The molecule has 0 unspecified atom stereocenters. The molecule has 1 N–H and O–H groups in total. The van der Waals surface area contributed by atoms with Crippen LogP contribution in [0.5, 0.6) is 23.1 Å². The van der Waals surface area contributed by atoms with Gasteiger partial charge in [0.15, 0.2) is 18.1 Å². The number of fused-ring (bicyclic) bond motifs is 1. The second-order valence-electron chi connectivity index (χ2n) is 7.06. The van der Waals surface area contributed by atoms with Crippen LogP contribution in [0.2, 0.25) is 5.02 Å². The number of hydrogen-bond donors (Lipinski definition) is 1. The topological polar surface area (TPSA) is 111 Å². The van der Waals surface area contributed by atoms with Crippen LogP contribution in [0.25, 0.3) is 0 Å². The van der Waals surface area contributed by atoms with Crippen LogP contribution in [-0.4, -0.2) is 28.9 Å². The van der Waals surface area contributed by atoms with Gasteiger partial charge < -0.3 is 19.3 Å². The van der Waals surface area contributed by atoms with Crippen molar-refractivity contribution >= 4 is 17.4 Å². The highest BCUT2D eigenvalue weighted by Gasteiger charge is 2.25. The number of ketones is 1. The predicted molar refractivity (Wildman–Crippen MR) is 115 cm³/mol. The van der Waals surface area contributed by atoms with Crippen LogP contribution in [0.15, 0.2) is 47.3 Å².